The maximum Gasteiger partial charge on any atom is 0.320 e. The smallest absolute Gasteiger partial charge is 0.320 e. The highest BCUT2D eigenvalue weighted by atomic mass is 16.5. The Balaban J connectivity index is 2.05. The van der Waals surface area contributed by atoms with Gasteiger partial charge in [-0.2, -0.15) is 0 Å². The van der Waals surface area contributed by atoms with Gasteiger partial charge in [0.05, 0.1) is 6.61 Å². The number of aliphatic carboxylic acids is 1. The highest BCUT2D eigenvalue weighted by Crippen LogP contribution is 2.39. The molecule has 1 aliphatic carbocycles. The summed E-state index contributed by atoms with van der Waals surface area (Å²) in [7, 11) is 1.67. The first-order chi connectivity index (χ1) is 7.74. The van der Waals surface area contributed by atoms with Crippen LogP contribution in [0.15, 0.2) is 0 Å². The molecule has 1 N–H and O–H groups in total. The van der Waals surface area contributed by atoms with E-state index in [9.17, 15) is 9.90 Å². The SMILES string of the molecule is COCCN1C(C(=O)O)CC2CCCCC21. The van der Waals surface area contributed by atoms with Crippen molar-refractivity contribution in [1.29, 1.82) is 0 Å². The van der Waals surface area contributed by atoms with Gasteiger partial charge in [0.15, 0.2) is 0 Å². The Morgan fingerprint density at radius 3 is 2.88 bits per heavy atom. The second kappa shape index (κ2) is 5.15. The Morgan fingerprint density at radius 1 is 1.44 bits per heavy atom. The van der Waals surface area contributed by atoms with Gasteiger partial charge >= 0.3 is 5.97 Å². The molecule has 1 saturated carbocycles. The normalized spacial score (nSPS) is 34.9. The van der Waals surface area contributed by atoms with Crippen molar-refractivity contribution in [2.45, 2.75) is 44.2 Å². The van der Waals surface area contributed by atoms with E-state index >= 15 is 0 Å². The quantitative estimate of drug-likeness (QED) is 0.787. The van der Waals surface area contributed by atoms with Crippen molar-refractivity contribution in [3.8, 4) is 0 Å². The minimum Gasteiger partial charge on any atom is -0.480 e. The zero-order valence-corrected chi connectivity index (χ0v) is 9.89. The zero-order chi connectivity index (χ0) is 11.5. The molecule has 1 saturated heterocycles. The van der Waals surface area contributed by atoms with Gasteiger partial charge in [-0.25, -0.2) is 0 Å². The molecular formula is C12H21NO3. The Morgan fingerprint density at radius 2 is 2.19 bits per heavy atom. The van der Waals surface area contributed by atoms with E-state index in [0.717, 1.165) is 19.4 Å². The third-order valence-electron chi connectivity index (χ3n) is 4.06. The van der Waals surface area contributed by atoms with Crippen LogP contribution in [0.3, 0.4) is 0 Å². The third kappa shape index (κ3) is 2.23. The lowest BCUT2D eigenvalue weighted by Crippen LogP contribution is -2.43. The van der Waals surface area contributed by atoms with E-state index in [0.29, 0.717) is 18.6 Å². The van der Waals surface area contributed by atoms with Crippen molar-refractivity contribution in [2.75, 3.05) is 20.3 Å². The lowest BCUT2D eigenvalue weighted by molar-refractivity contribution is -0.142. The summed E-state index contributed by atoms with van der Waals surface area (Å²) in [5.41, 5.74) is 0. The van der Waals surface area contributed by atoms with Crippen molar-refractivity contribution in [2.24, 2.45) is 5.92 Å². The lowest BCUT2D eigenvalue weighted by atomic mass is 9.85. The first-order valence-electron chi connectivity index (χ1n) is 6.21. The van der Waals surface area contributed by atoms with Crippen LogP contribution in [-0.4, -0.2) is 48.3 Å². The average Bonchev–Trinajstić information content (AvgIpc) is 2.65. The topological polar surface area (TPSA) is 49.8 Å². The van der Waals surface area contributed by atoms with E-state index in [1.807, 2.05) is 0 Å². The highest BCUT2D eigenvalue weighted by molar-refractivity contribution is 5.74. The van der Waals surface area contributed by atoms with Crippen LogP contribution in [0.2, 0.25) is 0 Å². The van der Waals surface area contributed by atoms with Crippen molar-refractivity contribution < 1.29 is 14.6 Å². The molecule has 16 heavy (non-hydrogen) atoms. The molecule has 2 aliphatic rings. The first-order valence-corrected chi connectivity index (χ1v) is 6.21. The fraction of sp³-hybridized carbons (Fsp3) is 0.917. The van der Waals surface area contributed by atoms with E-state index in [1.54, 1.807) is 7.11 Å². The molecule has 4 heteroatoms. The molecule has 0 aromatic rings. The summed E-state index contributed by atoms with van der Waals surface area (Å²) in [4.78, 5) is 13.4. The minimum absolute atomic E-state index is 0.275. The van der Waals surface area contributed by atoms with Gasteiger partial charge in [0.1, 0.15) is 6.04 Å². The molecule has 3 unspecified atom stereocenters. The van der Waals surface area contributed by atoms with Crippen molar-refractivity contribution >= 4 is 5.97 Å². The van der Waals surface area contributed by atoms with Gasteiger partial charge in [-0.3, -0.25) is 9.69 Å². The summed E-state index contributed by atoms with van der Waals surface area (Å²) >= 11 is 0. The average molecular weight is 227 g/mol. The van der Waals surface area contributed by atoms with Gasteiger partial charge in [-0.05, 0) is 25.2 Å². The number of carboxylic acid groups (broad SMARTS) is 1. The number of likely N-dealkylation sites (tertiary alicyclic amines) is 1. The molecular weight excluding hydrogens is 206 g/mol. The maximum absolute atomic E-state index is 11.2. The molecule has 0 spiro atoms. The summed E-state index contributed by atoms with van der Waals surface area (Å²) in [6.45, 7) is 1.39. The Hall–Kier alpha value is -0.610. The second-order valence-corrected chi connectivity index (χ2v) is 4.93. The van der Waals surface area contributed by atoms with Gasteiger partial charge in [-0.15, -0.1) is 0 Å². The molecule has 0 bridgehead atoms. The Bertz CT molecular complexity index is 257. The largest absolute Gasteiger partial charge is 0.480 e. The number of methoxy groups -OCH3 is 1. The number of rotatable bonds is 4. The molecule has 0 aromatic heterocycles. The molecule has 4 nitrogen and oxygen atoms in total. The van der Waals surface area contributed by atoms with Crippen LogP contribution >= 0.6 is 0 Å². The Kier molecular flexibility index (Phi) is 3.82. The van der Waals surface area contributed by atoms with E-state index in [2.05, 4.69) is 4.90 Å². The van der Waals surface area contributed by atoms with Crippen LogP contribution in [0, 0.1) is 5.92 Å². The molecule has 2 fully saturated rings. The lowest BCUT2D eigenvalue weighted by Gasteiger charge is -2.32. The fourth-order valence-corrected chi connectivity index (χ4v) is 3.31. The van der Waals surface area contributed by atoms with Gasteiger partial charge in [-0.1, -0.05) is 12.8 Å². The summed E-state index contributed by atoms with van der Waals surface area (Å²) < 4.78 is 5.08. The summed E-state index contributed by atoms with van der Waals surface area (Å²) in [5.74, 6) is -0.0581. The summed E-state index contributed by atoms with van der Waals surface area (Å²) in [6, 6.07) is 0.216. The van der Waals surface area contributed by atoms with Crippen molar-refractivity contribution in [1.82, 2.24) is 4.90 Å². The maximum atomic E-state index is 11.2. The van der Waals surface area contributed by atoms with Gasteiger partial charge in [0, 0.05) is 19.7 Å². The molecule has 0 radical (unpaired) electrons. The van der Waals surface area contributed by atoms with E-state index in [-0.39, 0.29) is 6.04 Å². The van der Waals surface area contributed by atoms with Gasteiger partial charge in [0.25, 0.3) is 0 Å². The number of ether oxygens (including phenoxy) is 1. The number of hydrogen-bond acceptors (Lipinski definition) is 3. The number of hydrogen-bond donors (Lipinski definition) is 1. The van der Waals surface area contributed by atoms with Crippen LogP contribution < -0.4 is 0 Å². The standard InChI is InChI=1S/C12H21NO3/c1-16-7-6-13-10-5-3-2-4-9(10)8-11(13)12(14)15/h9-11H,2-8H2,1H3,(H,14,15). The first kappa shape index (κ1) is 11.9. The van der Waals surface area contributed by atoms with Gasteiger partial charge < -0.3 is 9.84 Å². The predicted octanol–water partition coefficient (Wildman–Crippen LogP) is 1.35. The number of nitrogens with zero attached hydrogens (tertiary/aromatic N) is 1. The third-order valence-corrected chi connectivity index (χ3v) is 4.06. The second-order valence-electron chi connectivity index (χ2n) is 4.93. The van der Waals surface area contributed by atoms with Crippen molar-refractivity contribution in [3.05, 3.63) is 0 Å². The van der Waals surface area contributed by atoms with Crippen LogP contribution in [-0.2, 0) is 9.53 Å². The zero-order valence-electron chi connectivity index (χ0n) is 9.89. The number of carbonyl (C=O) groups is 1. The van der Waals surface area contributed by atoms with E-state index in [4.69, 9.17) is 4.74 Å². The number of carboxylic acids is 1. The summed E-state index contributed by atoms with van der Waals surface area (Å²) in [5, 5.41) is 9.25. The van der Waals surface area contributed by atoms with Gasteiger partial charge in [0.2, 0.25) is 0 Å². The number of fused-ring (bicyclic) bond motifs is 1. The molecule has 0 aromatic carbocycles. The molecule has 1 heterocycles. The van der Waals surface area contributed by atoms with Crippen LogP contribution in [0.25, 0.3) is 0 Å². The minimum atomic E-state index is -0.662. The van der Waals surface area contributed by atoms with E-state index < -0.39 is 5.97 Å². The Labute approximate surface area is 96.6 Å². The summed E-state index contributed by atoms with van der Waals surface area (Å²) in [6.07, 6.45) is 5.72. The molecule has 2 rings (SSSR count). The van der Waals surface area contributed by atoms with E-state index in [1.165, 1.54) is 19.3 Å². The highest BCUT2D eigenvalue weighted by Gasteiger charge is 2.44. The fourth-order valence-electron chi connectivity index (χ4n) is 3.31. The van der Waals surface area contributed by atoms with Crippen LogP contribution in [0.4, 0.5) is 0 Å². The van der Waals surface area contributed by atoms with Crippen LogP contribution in [0.1, 0.15) is 32.1 Å². The predicted molar refractivity (Wildman–Crippen MR) is 60.4 cm³/mol. The monoisotopic (exact) mass is 227 g/mol. The molecule has 0 amide bonds. The van der Waals surface area contributed by atoms with Crippen molar-refractivity contribution in [3.63, 3.8) is 0 Å². The molecule has 92 valence electrons. The molecule has 3 atom stereocenters. The van der Waals surface area contributed by atoms with Crippen LogP contribution in [0.5, 0.6) is 0 Å². The molecule has 1 aliphatic heterocycles.